The number of anilines is 1. The van der Waals surface area contributed by atoms with Crippen LogP contribution in [-0.2, 0) is 6.42 Å². The molecule has 1 amide bonds. The Hall–Kier alpha value is -3.45. The highest BCUT2D eigenvalue weighted by Gasteiger charge is 2.21. The number of hydrogen-bond acceptors (Lipinski definition) is 5. The lowest BCUT2D eigenvalue weighted by atomic mass is 10.1. The number of nitrogens with zero attached hydrogens (tertiary/aromatic N) is 3. The Morgan fingerprint density at radius 3 is 2.70 bits per heavy atom. The van der Waals surface area contributed by atoms with Crippen LogP contribution in [0.25, 0.3) is 16.6 Å². The molecular formula is C26H26N4O2S. The van der Waals surface area contributed by atoms with Gasteiger partial charge in [0.15, 0.2) is 0 Å². The number of aryl methyl sites for hydroxylation is 1. The van der Waals surface area contributed by atoms with Crippen LogP contribution in [0.2, 0.25) is 0 Å². The summed E-state index contributed by atoms with van der Waals surface area (Å²) in [5.74, 6) is 0.492. The number of rotatable bonds is 6. The predicted molar refractivity (Wildman–Crippen MR) is 134 cm³/mol. The molecule has 33 heavy (non-hydrogen) atoms. The summed E-state index contributed by atoms with van der Waals surface area (Å²) in [6.07, 6.45) is 2.96. The molecule has 6 nitrogen and oxygen atoms in total. The molecule has 5 rings (SSSR count). The minimum atomic E-state index is -0.152. The van der Waals surface area contributed by atoms with Crippen LogP contribution in [0.1, 0.15) is 33.6 Å². The van der Waals surface area contributed by atoms with Crippen LogP contribution in [0.15, 0.2) is 64.8 Å². The number of thiophene rings is 1. The van der Waals surface area contributed by atoms with Gasteiger partial charge >= 0.3 is 0 Å². The fourth-order valence-corrected chi connectivity index (χ4v) is 5.01. The standard InChI is InChI=1S/C26H26N4O2S/c1-18-6-4-7-20(16-18)30-25(32)22-10-9-19(24(31)27-12-11-21-8-5-15-33-21)17-23(22)28-26(30)29-13-2-3-14-29/h4-10,15-17H,2-3,11-14H2,1H3,(H,27,31). The van der Waals surface area contributed by atoms with Crippen molar-refractivity contribution in [2.24, 2.45) is 0 Å². The van der Waals surface area contributed by atoms with Crippen LogP contribution >= 0.6 is 11.3 Å². The maximum absolute atomic E-state index is 13.6. The average molecular weight is 459 g/mol. The van der Waals surface area contributed by atoms with Gasteiger partial charge in [-0.3, -0.25) is 9.59 Å². The van der Waals surface area contributed by atoms with E-state index < -0.39 is 0 Å². The van der Waals surface area contributed by atoms with Crippen LogP contribution in [-0.4, -0.2) is 35.1 Å². The smallest absolute Gasteiger partial charge is 0.267 e. The third-order valence-electron chi connectivity index (χ3n) is 6.00. The molecular weight excluding hydrogens is 432 g/mol. The lowest BCUT2D eigenvalue weighted by Crippen LogP contribution is -2.30. The summed E-state index contributed by atoms with van der Waals surface area (Å²) in [5.41, 5.74) is 2.85. The first-order chi connectivity index (χ1) is 16.1. The van der Waals surface area contributed by atoms with Crippen molar-refractivity contribution in [1.82, 2.24) is 14.9 Å². The second kappa shape index (κ2) is 9.19. The summed E-state index contributed by atoms with van der Waals surface area (Å²) in [7, 11) is 0. The number of carbonyl (C=O) groups excluding carboxylic acids is 1. The number of fused-ring (bicyclic) bond motifs is 1. The number of hydrogen-bond donors (Lipinski definition) is 1. The Bertz CT molecular complexity index is 1350. The second-order valence-electron chi connectivity index (χ2n) is 8.40. The van der Waals surface area contributed by atoms with Crippen LogP contribution in [0.5, 0.6) is 0 Å². The fraction of sp³-hybridized carbons (Fsp3) is 0.269. The Morgan fingerprint density at radius 2 is 1.94 bits per heavy atom. The molecule has 0 bridgehead atoms. The van der Waals surface area contributed by atoms with Crippen LogP contribution < -0.4 is 15.8 Å². The molecule has 0 aliphatic carbocycles. The van der Waals surface area contributed by atoms with E-state index in [0.717, 1.165) is 43.6 Å². The minimum Gasteiger partial charge on any atom is -0.352 e. The largest absolute Gasteiger partial charge is 0.352 e. The maximum atomic E-state index is 13.6. The van der Waals surface area contributed by atoms with Gasteiger partial charge in [0.05, 0.1) is 16.6 Å². The molecule has 1 aliphatic rings. The van der Waals surface area contributed by atoms with Gasteiger partial charge < -0.3 is 10.2 Å². The van der Waals surface area contributed by atoms with Crippen molar-refractivity contribution in [2.45, 2.75) is 26.2 Å². The van der Waals surface area contributed by atoms with E-state index >= 15 is 0 Å². The van der Waals surface area contributed by atoms with Crippen molar-refractivity contribution >= 4 is 34.1 Å². The van der Waals surface area contributed by atoms with Crippen molar-refractivity contribution in [3.8, 4) is 5.69 Å². The van der Waals surface area contributed by atoms with Gasteiger partial charge in [-0.25, -0.2) is 9.55 Å². The summed E-state index contributed by atoms with van der Waals surface area (Å²) >= 11 is 1.68. The Morgan fingerprint density at radius 1 is 1.09 bits per heavy atom. The number of carbonyl (C=O) groups is 1. The molecule has 4 aromatic rings. The van der Waals surface area contributed by atoms with Gasteiger partial charge in [0.2, 0.25) is 5.95 Å². The highest BCUT2D eigenvalue weighted by Crippen LogP contribution is 2.24. The highest BCUT2D eigenvalue weighted by molar-refractivity contribution is 7.09. The van der Waals surface area contributed by atoms with Crippen molar-refractivity contribution in [2.75, 3.05) is 24.5 Å². The molecule has 3 heterocycles. The highest BCUT2D eigenvalue weighted by atomic mass is 32.1. The average Bonchev–Trinajstić information content (AvgIpc) is 3.53. The monoisotopic (exact) mass is 458 g/mol. The summed E-state index contributed by atoms with van der Waals surface area (Å²) in [5, 5.41) is 5.52. The molecule has 1 fully saturated rings. The van der Waals surface area contributed by atoms with E-state index in [1.54, 1.807) is 34.1 Å². The molecule has 2 aromatic heterocycles. The van der Waals surface area contributed by atoms with Crippen molar-refractivity contribution < 1.29 is 4.79 Å². The molecule has 0 radical (unpaired) electrons. The molecule has 1 saturated heterocycles. The fourth-order valence-electron chi connectivity index (χ4n) is 4.30. The van der Waals surface area contributed by atoms with E-state index in [1.165, 1.54) is 4.88 Å². The molecule has 0 atom stereocenters. The van der Waals surface area contributed by atoms with Gasteiger partial charge in [-0.2, -0.15) is 0 Å². The Balaban J connectivity index is 1.51. The summed E-state index contributed by atoms with van der Waals surface area (Å²) in [4.78, 5) is 34.6. The van der Waals surface area contributed by atoms with Crippen molar-refractivity contribution in [3.05, 3.63) is 86.3 Å². The van der Waals surface area contributed by atoms with E-state index in [2.05, 4.69) is 16.3 Å². The first kappa shape index (κ1) is 21.4. The van der Waals surface area contributed by atoms with Crippen LogP contribution in [0.4, 0.5) is 5.95 Å². The number of aromatic nitrogens is 2. The van der Waals surface area contributed by atoms with Crippen LogP contribution in [0.3, 0.4) is 0 Å². The summed E-state index contributed by atoms with van der Waals surface area (Å²) in [6, 6.07) is 17.2. The van der Waals surface area contributed by atoms with Crippen molar-refractivity contribution in [3.63, 3.8) is 0 Å². The van der Waals surface area contributed by atoms with E-state index in [1.807, 2.05) is 42.6 Å². The number of nitrogens with one attached hydrogen (secondary N) is 1. The number of benzene rings is 2. The van der Waals surface area contributed by atoms with Gasteiger partial charge in [-0.05, 0) is 73.5 Å². The summed E-state index contributed by atoms with van der Waals surface area (Å²) < 4.78 is 1.71. The zero-order chi connectivity index (χ0) is 22.8. The molecule has 0 saturated carbocycles. The van der Waals surface area contributed by atoms with E-state index in [9.17, 15) is 9.59 Å². The van der Waals surface area contributed by atoms with E-state index in [-0.39, 0.29) is 11.5 Å². The Labute approximate surface area is 196 Å². The quantitative estimate of drug-likeness (QED) is 0.467. The Kier molecular flexibility index (Phi) is 5.96. The zero-order valence-electron chi connectivity index (χ0n) is 18.6. The molecule has 168 valence electrons. The molecule has 1 N–H and O–H groups in total. The van der Waals surface area contributed by atoms with E-state index in [0.29, 0.717) is 29.0 Å². The van der Waals surface area contributed by atoms with Gasteiger partial charge in [0, 0.05) is 30.1 Å². The normalized spacial score (nSPS) is 13.5. The molecule has 0 unspecified atom stereocenters. The van der Waals surface area contributed by atoms with Crippen LogP contribution in [0, 0.1) is 6.92 Å². The topological polar surface area (TPSA) is 67.2 Å². The second-order valence-corrected chi connectivity index (χ2v) is 9.43. The third kappa shape index (κ3) is 4.41. The lowest BCUT2D eigenvalue weighted by Gasteiger charge is -2.22. The molecule has 7 heteroatoms. The van der Waals surface area contributed by atoms with Gasteiger partial charge in [-0.15, -0.1) is 11.3 Å². The lowest BCUT2D eigenvalue weighted by molar-refractivity contribution is 0.0954. The summed E-state index contributed by atoms with van der Waals surface area (Å²) in [6.45, 7) is 4.32. The van der Waals surface area contributed by atoms with E-state index in [4.69, 9.17) is 4.98 Å². The van der Waals surface area contributed by atoms with Gasteiger partial charge in [0.25, 0.3) is 11.5 Å². The minimum absolute atomic E-state index is 0.114. The zero-order valence-corrected chi connectivity index (χ0v) is 19.4. The number of amides is 1. The first-order valence-electron chi connectivity index (χ1n) is 11.3. The first-order valence-corrected chi connectivity index (χ1v) is 12.2. The van der Waals surface area contributed by atoms with Gasteiger partial charge in [0.1, 0.15) is 0 Å². The van der Waals surface area contributed by atoms with Crippen molar-refractivity contribution in [1.29, 1.82) is 0 Å². The van der Waals surface area contributed by atoms with Gasteiger partial charge in [-0.1, -0.05) is 18.2 Å². The molecule has 0 spiro atoms. The molecule has 1 aliphatic heterocycles. The maximum Gasteiger partial charge on any atom is 0.267 e. The third-order valence-corrected chi connectivity index (χ3v) is 6.94. The SMILES string of the molecule is Cc1cccc(-n2c(N3CCCC3)nc3cc(C(=O)NCCc4cccs4)ccc3c2=O)c1. The molecule has 2 aromatic carbocycles. The predicted octanol–water partition coefficient (Wildman–Crippen LogP) is 4.33.